The van der Waals surface area contributed by atoms with Crippen molar-refractivity contribution in [2.24, 2.45) is 5.41 Å². The number of halogens is 4. The molecule has 0 radical (unpaired) electrons. The molecule has 4 rings (SSSR count). The first-order valence-corrected chi connectivity index (χ1v) is 11.1. The number of hydrogen-bond donors (Lipinski definition) is 1. The number of aryl methyl sites for hydroxylation is 1. The van der Waals surface area contributed by atoms with Crippen molar-refractivity contribution in [3.63, 3.8) is 0 Å². The lowest BCUT2D eigenvalue weighted by Crippen LogP contribution is -2.47. The van der Waals surface area contributed by atoms with E-state index in [0.717, 1.165) is 4.52 Å². The van der Waals surface area contributed by atoms with Gasteiger partial charge in [-0.05, 0) is 39.5 Å². The van der Waals surface area contributed by atoms with Crippen molar-refractivity contribution in [1.29, 1.82) is 0 Å². The molecule has 1 saturated heterocycles. The van der Waals surface area contributed by atoms with Gasteiger partial charge in [0.05, 0.1) is 18.2 Å². The molecule has 3 heterocycles. The molecular weight excluding hydrogens is 444 g/mol. The van der Waals surface area contributed by atoms with Gasteiger partial charge in [-0.3, -0.25) is 4.79 Å². The van der Waals surface area contributed by atoms with Gasteiger partial charge >= 0.3 is 12.1 Å². The predicted octanol–water partition coefficient (Wildman–Crippen LogP) is 4.64. The SMILES string of the molecule is COc1c(C)nc2c(F)c(C3(C(F)(F)F)CCCCC3)nn2c1N1CCC[C@@](C)(C(=O)O)C1. The van der Waals surface area contributed by atoms with Gasteiger partial charge in [-0.1, -0.05) is 19.3 Å². The zero-order valence-electron chi connectivity index (χ0n) is 18.9. The molecule has 0 aromatic carbocycles. The van der Waals surface area contributed by atoms with Gasteiger partial charge in [-0.2, -0.15) is 22.8 Å². The summed E-state index contributed by atoms with van der Waals surface area (Å²) in [6.07, 6.45) is -2.82. The highest BCUT2D eigenvalue weighted by Gasteiger charge is 2.59. The van der Waals surface area contributed by atoms with Crippen LogP contribution in [-0.4, -0.2) is 52.0 Å². The number of carbonyl (C=O) groups is 1. The maximum atomic E-state index is 15.6. The van der Waals surface area contributed by atoms with Crippen LogP contribution in [-0.2, 0) is 10.2 Å². The molecule has 2 aromatic heterocycles. The Kier molecular flexibility index (Phi) is 5.73. The summed E-state index contributed by atoms with van der Waals surface area (Å²) in [5.74, 6) is -1.60. The van der Waals surface area contributed by atoms with Crippen LogP contribution >= 0.6 is 0 Å². The summed E-state index contributed by atoms with van der Waals surface area (Å²) in [7, 11) is 1.39. The quantitative estimate of drug-likeness (QED) is 0.653. The summed E-state index contributed by atoms with van der Waals surface area (Å²) in [5, 5.41) is 13.9. The number of aromatic nitrogens is 3. The van der Waals surface area contributed by atoms with Crippen molar-refractivity contribution < 1.29 is 32.2 Å². The number of alkyl halides is 3. The molecule has 7 nitrogen and oxygen atoms in total. The molecule has 1 atom stereocenters. The number of anilines is 1. The molecule has 1 aliphatic carbocycles. The maximum absolute atomic E-state index is 15.6. The van der Waals surface area contributed by atoms with Crippen LogP contribution in [0.4, 0.5) is 23.4 Å². The molecule has 33 heavy (non-hydrogen) atoms. The lowest BCUT2D eigenvalue weighted by molar-refractivity contribution is -0.201. The molecule has 1 saturated carbocycles. The second kappa shape index (κ2) is 8.02. The first-order chi connectivity index (χ1) is 15.4. The highest BCUT2D eigenvalue weighted by molar-refractivity contribution is 5.76. The van der Waals surface area contributed by atoms with Crippen molar-refractivity contribution >= 4 is 17.4 Å². The van der Waals surface area contributed by atoms with E-state index in [1.807, 2.05) is 0 Å². The van der Waals surface area contributed by atoms with Crippen molar-refractivity contribution in [1.82, 2.24) is 14.6 Å². The molecule has 1 N–H and O–H groups in total. The van der Waals surface area contributed by atoms with Crippen LogP contribution in [0.15, 0.2) is 0 Å². The minimum Gasteiger partial charge on any atom is -0.491 e. The predicted molar refractivity (Wildman–Crippen MR) is 112 cm³/mol. The highest BCUT2D eigenvalue weighted by Crippen LogP contribution is 2.51. The standard InChI is InChI=1S/C22H28F4N4O3/c1-13-15(33-3)18(29-11-7-8-20(2,12-29)19(31)32)30-17(27-13)14(23)16(28-30)21(22(24,25)26)9-5-4-6-10-21/h4-12H2,1-3H3,(H,31,32)/t20-/m1/s1. The summed E-state index contributed by atoms with van der Waals surface area (Å²) in [5.41, 5.74) is -4.11. The summed E-state index contributed by atoms with van der Waals surface area (Å²) in [4.78, 5) is 17.8. The van der Waals surface area contributed by atoms with Crippen molar-refractivity contribution in [2.75, 3.05) is 25.1 Å². The van der Waals surface area contributed by atoms with Gasteiger partial charge in [0.15, 0.2) is 23.0 Å². The van der Waals surface area contributed by atoms with Crippen LogP contribution in [0.5, 0.6) is 5.75 Å². The number of hydrogen-bond acceptors (Lipinski definition) is 5. The Hall–Kier alpha value is -2.59. The molecule has 2 aliphatic rings. The van der Waals surface area contributed by atoms with E-state index < -0.39 is 34.5 Å². The van der Waals surface area contributed by atoms with Gasteiger partial charge in [-0.15, -0.1) is 0 Å². The fraction of sp³-hybridized carbons (Fsp3) is 0.682. The van der Waals surface area contributed by atoms with Gasteiger partial charge in [0.25, 0.3) is 0 Å². The average Bonchev–Trinajstić information content (AvgIpc) is 3.08. The van der Waals surface area contributed by atoms with E-state index in [4.69, 9.17) is 4.74 Å². The highest BCUT2D eigenvalue weighted by atomic mass is 19.4. The van der Waals surface area contributed by atoms with Crippen LogP contribution in [0.2, 0.25) is 0 Å². The minimum absolute atomic E-state index is 0.0818. The van der Waals surface area contributed by atoms with Crippen molar-refractivity contribution in [3.8, 4) is 5.75 Å². The van der Waals surface area contributed by atoms with E-state index in [1.54, 1.807) is 18.7 Å². The third-order valence-electron chi connectivity index (χ3n) is 7.23. The Bertz CT molecular complexity index is 1080. The summed E-state index contributed by atoms with van der Waals surface area (Å²) in [6, 6.07) is 0. The third-order valence-corrected chi connectivity index (χ3v) is 7.23. The zero-order valence-corrected chi connectivity index (χ0v) is 18.9. The van der Waals surface area contributed by atoms with E-state index in [1.165, 1.54) is 7.11 Å². The number of nitrogens with zero attached hydrogens (tertiary/aromatic N) is 4. The first-order valence-electron chi connectivity index (χ1n) is 11.1. The maximum Gasteiger partial charge on any atom is 0.400 e. The van der Waals surface area contributed by atoms with Crippen molar-refractivity contribution in [2.45, 2.75) is 70.4 Å². The Labute approximate surface area is 188 Å². The van der Waals surface area contributed by atoms with Gasteiger partial charge in [0.2, 0.25) is 0 Å². The Morgan fingerprint density at radius 2 is 1.82 bits per heavy atom. The Morgan fingerprint density at radius 1 is 1.15 bits per heavy atom. The summed E-state index contributed by atoms with van der Waals surface area (Å²) >= 11 is 0. The average molecular weight is 472 g/mol. The van der Waals surface area contributed by atoms with Crippen LogP contribution in [0.25, 0.3) is 5.65 Å². The molecule has 1 aliphatic heterocycles. The van der Waals surface area contributed by atoms with Gasteiger partial charge in [0, 0.05) is 13.1 Å². The zero-order chi connectivity index (χ0) is 24.2. The van der Waals surface area contributed by atoms with Crippen molar-refractivity contribution in [3.05, 3.63) is 17.2 Å². The number of fused-ring (bicyclic) bond motifs is 1. The lowest BCUT2D eigenvalue weighted by atomic mass is 9.71. The first kappa shape index (κ1) is 23.6. The van der Waals surface area contributed by atoms with E-state index >= 15 is 4.39 Å². The monoisotopic (exact) mass is 472 g/mol. The normalized spacial score (nSPS) is 23.7. The Balaban J connectivity index is 1.95. The number of rotatable bonds is 4. The smallest absolute Gasteiger partial charge is 0.400 e. The molecule has 0 amide bonds. The fourth-order valence-electron chi connectivity index (χ4n) is 5.33. The number of carboxylic acid groups (broad SMARTS) is 1. The Morgan fingerprint density at radius 3 is 2.39 bits per heavy atom. The summed E-state index contributed by atoms with van der Waals surface area (Å²) < 4.78 is 65.2. The van der Waals surface area contributed by atoms with E-state index in [2.05, 4.69) is 10.1 Å². The topological polar surface area (TPSA) is 80.0 Å². The van der Waals surface area contributed by atoms with E-state index in [-0.39, 0.29) is 42.3 Å². The van der Waals surface area contributed by atoms with Gasteiger partial charge in [-0.25, -0.2) is 9.37 Å². The van der Waals surface area contributed by atoms with Gasteiger partial charge in [0.1, 0.15) is 11.1 Å². The van der Waals surface area contributed by atoms with Crippen LogP contribution in [0.3, 0.4) is 0 Å². The largest absolute Gasteiger partial charge is 0.491 e. The number of piperidine rings is 1. The number of aliphatic carboxylic acids is 1. The second-order valence-corrected chi connectivity index (χ2v) is 9.48. The molecule has 11 heteroatoms. The van der Waals surface area contributed by atoms with Gasteiger partial charge < -0.3 is 14.7 Å². The second-order valence-electron chi connectivity index (χ2n) is 9.48. The number of methoxy groups -OCH3 is 1. The fourth-order valence-corrected chi connectivity index (χ4v) is 5.33. The number of carboxylic acids is 1. The van der Waals surface area contributed by atoms with Crippen LogP contribution in [0, 0.1) is 18.2 Å². The third kappa shape index (κ3) is 3.59. The number of ether oxygens (including phenoxy) is 1. The van der Waals surface area contributed by atoms with E-state index in [0.29, 0.717) is 38.6 Å². The molecule has 182 valence electrons. The summed E-state index contributed by atoms with van der Waals surface area (Å²) in [6.45, 7) is 3.71. The van der Waals surface area contributed by atoms with Crippen LogP contribution in [0.1, 0.15) is 63.3 Å². The lowest BCUT2D eigenvalue weighted by Gasteiger charge is -2.39. The molecule has 0 bridgehead atoms. The molecule has 0 spiro atoms. The van der Waals surface area contributed by atoms with Crippen LogP contribution < -0.4 is 9.64 Å². The molecule has 0 unspecified atom stereocenters. The molecular formula is C22H28F4N4O3. The molecule has 2 aromatic rings. The minimum atomic E-state index is -4.67. The molecule has 2 fully saturated rings. The van der Waals surface area contributed by atoms with E-state index in [9.17, 15) is 23.1 Å².